The van der Waals surface area contributed by atoms with Gasteiger partial charge in [-0.05, 0) is 57.7 Å². The molecule has 1 aromatic rings. The van der Waals surface area contributed by atoms with E-state index < -0.39 is 0 Å². The maximum Gasteiger partial charge on any atom is 0.258 e. The predicted molar refractivity (Wildman–Crippen MR) is 147 cm³/mol. The van der Waals surface area contributed by atoms with E-state index in [1.807, 2.05) is 19.1 Å². The maximum absolute atomic E-state index is 13.7. The van der Waals surface area contributed by atoms with Crippen LogP contribution in [-0.2, 0) is 4.79 Å². The van der Waals surface area contributed by atoms with Gasteiger partial charge in [0.2, 0.25) is 5.91 Å². The monoisotopic (exact) mass is 513 g/mol. The molecule has 7 nitrogen and oxygen atoms in total. The van der Waals surface area contributed by atoms with E-state index in [9.17, 15) is 14.7 Å². The van der Waals surface area contributed by atoms with Crippen LogP contribution in [0, 0.1) is 17.8 Å². The summed E-state index contributed by atoms with van der Waals surface area (Å²) in [5, 5.41) is 13.0. The zero-order valence-electron chi connectivity index (χ0n) is 23.1. The molecule has 4 rings (SSSR count). The van der Waals surface area contributed by atoms with Crippen LogP contribution in [-0.4, -0.2) is 72.2 Å². The van der Waals surface area contributed by atoms with E-state index in [-0.39, 0.29) is 42.4 Å². The summed E-state index contributed by atoms with van der Waals surface area (Å²) in [5.41, 5.74) is 1.03. The smallest absolute Gasteiger partial charge is 0.258 e. The second-order valence-corrected chi connectivity index (χ2v) is 11.9. The van der Waals surface area contributed by atoms with Crippen molar-refractivity contribution in [3.8, 4) is 5.75 Å². The van der Waals surface area contributed by atoms with Crippen LogP contribution in [0.5, 0.6) is 5.75 Å². The van der Waals surface area contributed by atoms with Crippen molar-refractivity contribution in [1.82, 2.24) is 9.80 Å². The molecule has 37 heavy (non-hydrogen) atoms. The fourth-order valence-corrected chi connectivity index (χ4v) is 6.35. The molecule has 3 aliphatic rings. The lowest BCUT2D eigenvalue weighted by Crippen LogP contribution is -2.50. The molecule has 1 heterocycles. The topological polar surface area (TPSA) is 82.1 Å². The number of amides is 2. The lowest BCUT2D eigenvalue weighted by molar-refractivity contribution is -0.120. The molecule has 0 saturated heterocycles. The van der Waals surface area contributed by atoms with Crippen molar-refractivity contribution in [3.63, 3.8) is 0 Å². The van der Waals surface area contributed by atoms with Gasteiger partial charge in [-0.15, -0.1) is 0 Å². The van der Waals surface area contributed by atoms with Crippen molar-refractivity contribution in [1.29, 1.82) is 0 Å². The number of hydrogen-bond acceptors (Lipinski definition) is 5. The Morgan fingerprint density at radius 3 is 2.46 bits per heavy atom. The summed E-state index contributed by atoms with van der Waals surface area (Å²) < 4.78 is 6.69. The summed E-state index contributed by atoms with van der Waals surface area (Å²) in [6.45, 7) is 6.22. The Bertz CT molecular complexity index is 910. The molecule has 2 aliphatic carbocycles. The van der Waals surface area contributed by atoms with Gasteiger partial charge in [0, 0.05) is 31.5 Å². The van der Waals surface area contributed by atoms with E-state index in [1.165, 1.54) is 38.5 Å². The van der Waals surface area contributed by atoms with E-state index in [4.69, 9.17) is 4.74 Å². The van der Waals surface area contributed by atoms with Gasteiger partial charge < -0.3 is 25.0 Å². The number of ether oxygens (including phenoxy) is 1. The first-order valence-electron chi connectivity index (χ1n) is 14.6. The van der Waals surface area contributed by atoms with Gasteiger partial charge in [-0.3, -0.25) is 9.59 Å². The Morgan fingerprint density at radius 2 is 1.78 bits per heavy atom. The first-order valence-corrected chi connectivity index (χ1v) is 14.6. The Balaban J connectivity index is 1.60. The molecule has 0 bridgehead atoms. The third-order valence-electron chi connectivity index (χ3n) is 8.71. The van der Waals surface area contributed by atoms with Gasteiger partial charge in [0.1, 0.15) is 6.10 Å². The maximum atomic E-state index is 13.7. The van der Waals surface area contributed by atoms with Crippen molar-refractivity contribution in [2.45, 2.75) is 90.2 Å². The highest BCUT2D eigenvalue weighted by Crippen LogP contribution is 2.36. The van der Waals surface area contributed by atoms with E-state index in [0.29, 0.717) is 23.5 Å². The Morgan fingerprint density at radius 1 is 1.11 bits per heavy atom. The summed E-state index contributed by atoms with van der Waals surface area (Å²) >= 11 is 0. The molecule has 1 aliphatic heterocycles. The number of anilines is 1. The van der Waals surface area contributed by atoms with E-state index in [0.717, 1.165) is 44.7 Å². The minimum atomic E-state index is -0.304. The Labute approximate surface area is 222 Å². The third kappa shape index (κ3) is 7.05. The van der Waals surface area contributed by atoms with Crippen LogP contribution in [0.15, 0.2) is 18.2 Å². The zero-order chi connectivity index (χ0) is 26.4. The summed E-state index contributed by atoms with van der Waals surface area (Å²) in [5.74, 6) is 1.12. The number of para-hydroxylation sites is 1. The number of carbonyl (C=O) groups is 2. The number of nitrogens with one attached hydrogen (secondary N) is 1. The van der Waals surface area contributed by atoms with Crippen LogP contribution in [0.2, 0.25) is 0 Å². The van der Waals surface area contributed by atoms with Gasteiger partial charge >= 0.3 is 0 Å². The molecule has 2 amide bonds. The quantitative estimate of drug-likeness (QED) is 0.515. The molecule has 206 valence electrons. The van der Waals surface area contributed by atoms with Crippen molar-refractivity contribution >= 4 is 17.5 Å². The van der Waals surface area contributed by atoms with Crippen molar-refractivity contribution < 1.29 is 19.4 Å². The number of hydrogen-bond donors (Lipinski definition) is 2. The molecule has 0 spiro atoms. The molecule has 0 radical (unpaired) electrons. The lowest BCUT2D eigenvalue weighted by atomic mass is 9.88. The fraction of sp³-hybridized carbons (Fsp3) is 0.733. The molecular formula is C30H47N3O4. The third-order valence-corrected chi connectivity index (χ3v) is 8.71. The number of rotatable bonds is 8. The molecule has 3 atom stereocenters. The Hall–Kier alpha value is -2.12. The standard InChI is InChI=1S/C30H47N3O4/c1-21-17-33(22(2)20-34)30(36)25-15-10-16-26(31-29(35)24-13-8-5-9-14-24)28(25)37-27(21)19-32(3)18-23-11-6-4-7-12-23/h10,15-16,21-24,27,34H,4-9,11-14,17-20H2,1-3H3,(H,31,35)/t21-,22+,27+/m1/s1. The number of fused-ring (bicyclic) bond motifs is 1. The molecule has 7 heteroatoms. The van der Waals surface area contributed by atoms with Crippen LogP contribution in [0.1, 0.15) is 88.4 Å². The van der Waals surface area contributed by atoms with Crippen molar-refractivity contribution in [3.05, 3.63) is 23.8 Å². The molecule has 2 N–H and O–H groups in total. The zero-order valence-corrected chi connectivity index (χ0v) is 23.1. The first-order chi connectivity index (χ1) is 17.9. The van der Waals surface area contributed by atoms with Crippen molar-refractivity contribution in [2.75, 3.05) is 38.6 Å². The van der Waals surface area contributed by atoms with Gasteiger partial charge in [0.05, 0.1) is 23.9 Å². The number of likely N-dealkylation sites (N-methyl/N-ethyl adjacent to an activating group) is 1. The lowest BCUT2D eigenvalue weighted by Gasteiger charge is -2.39. The van der Waals surface area contributed by atoms with Gasteiger partial charge in [-0.2, -0.15) is 0 Å². The summed E-state index contributed by atoms with van der Waals surface area (Å²) in [6.07, 6.45) is 11.6. The number of aliphatic hydroxyl groups is 1. The van der Waals surface area contributed by atoms with Gasteiger partial charge in [0.15, 0.2) is 5.75 Å². The highest BCUT2D eigenvalue weighted by atomic mass is 16.5. The van der Waals surface area contributed by atoms with Crippen molar-refractivity contribution in [2.24, 2.45) is 17.8 Å². The van der Waals surface area contributed by atoms with E-state index in [2.05, 4.69) is 24.2 Å². The predicted octanol–water partition coefficient (Wildman–Crippen LogP) is 4.94. The number of nitrogens with zero attached hydrogens (tertiary/aromatic N) is 2. The molecule has 2 saturated carbocycles. The second-order valence-electron chi connectivity index (χ2n) is 11.9. The highest BCUT2D eigenvalue weighted by molar-refractivity contribution is 6.02. The van der Waals surface area contributed by atoms with Gasteiger partial charge in [-0.1, -0.05) is 51.5 Å². The summed E-state index contributed by atoms with van der Waals surface area (Å²) in [6, 6.07) is 5.14. The highest BCUT2D eigenvalue weighted by Gasteiger charge is 2.35. The number of carbonyl (C=O) groups excluding carboxylic acids is 2. The summed E-state index contributed by atoms with van der Waals surface area (Å²) in [7, 11) is 2.17. The van der Waals surface area contributed by atoms with E-state index in [1.54, 1.807) is 11.0 Å². The number of benzene rings is 1. The SMILES string of the molecule is C[C@@H]1CN([C@@H](C)CO)C(=O)c2cccc(NC(=O)C3CCCCC3)c2O[C@H]1CN(C)CC1CCCCC1. The fourth-order valence-electron chi connectivity index (χ4n) is 6.35. The van der Waals surface area contributed by atoms with Crippen LogP contribution in [0.4, 0.5) is 5.69 Å². The van der Waals surface area contributed by atoms with Gasteiger partial charge in [0.25, 0.3) is 5.91 Å². The molecular weight excluding hydrogens is 466 g/mol. The molecule has 0 unspecified atom stereocenters. The van der Waals surface area contributed by atoms with Crippen LogP contribution < -0.4 is 10.1 Å². The second kappa shape index (κ2) is 13.1. The van der Waals surface area contributed by atoms with Gasteiger partial charge in [-0.25, -0.2) is 0 Å². The van der Waals surface area contributed by atoms with Crippen LogP contribution in [0.25, 0.3) is 0 Å². The average molecular weight is 514 g/mol. The Kier molecular flexibility index (Phi) is 9.88. The minimum absolute atomic E-state index is 0.0103. The van der Waals surface area contributed by atoms with Crippen LogP contribution in [0.3, 0.4) is 0 Å². The molecule has 1 aromatic carbocycles. The minimum Gasteiger partial charge on any atom is -0.486 e. The van der Waals surface area contributed by atoms with E-state index >= 15 is 0 Å². The summed E-state index contributed by atoms with van der Waals surface area (Å²) in [4.78, 5) is 31.0. The van der Waals surface area contributed by atoms with Crippen LogP contribution >= 0.6 is 0 Å². The normalized spacial score (nSPS) is 24.7. The molecule has 2 fully saturated rings. The average Bonchev–Trinajstić information content (AvgIpc) is 2.91. The molecule has 0 aromatic heterocycles. The largest absolute Gasteiger partial charge is 0.486 e. The first kappa shape index (κ1) is 27.9. The number of aliphatic hydroxyl groups excluding tert-OH is 1.